The fraction of sp³-hybridized carbons (Fsp3) is 0.611. The molecular formula is C18H28ClN3O3. The van der Waals surface area contributed by atoms with Crippen LogP contribution < -0.4 is 15.8 Å². The summed E-state index contributed by atoms with van der Waals surface area (Å²) in [5, 5.41) is 3.86. The first-order valence-corrected chi connectivity index (χ1v) is 9.18. The molecule has 0 spiro atoms. The number of methoxy groups -OCH3 is 1. The molecule has 0 bridgehead atoms. The van der Waals surface area contributed by atoms with E-state index >= 15 is 0 Å². The lowest BCUT2D eigenvalue weighted by Gasteiger charge is -2.32. The monoisotopic (exact) mass is 369 g/mol. The van der Waals surface area contributed by atoms with Crippen molar-refractivity contribution in [3.8, 4) is 5.75 Å². The number of halogens is 1. The number of anilines is 1. The number of piperidine rings is 1. The summed E-state index contributed by atoms with van der Waals surface area (Å²) in [5.74, 6) is 0.876. The van der Waals surface area contributed by atoms with Crippen LogP contribution in [0.3, 0.4) is 0 Å². The van der Waals surface area contributed by atoms with E-state index in [0.717, 1.165) is 38.0 Å². The number of benzene rings is 1. The summed E-state index contributed by atoms with van der Waals surface area (Å²) >= 11 is 6.01. The van der Waals surface area contributed by atoms with Gasteiger partial charge in [0.25, 0.3) is 0 Å². The maximum absolute atomic E-state index is 12.3. The fourth-order valence-corrected chi connectivity index (χ4v) is 3.06. The Morgan fingerprint density at radius 1 is 1.40 bits per heavy atom. The number of carbonyl (C=O) groups is 1. The van der Waals surface area contributed by atoms with Gasteiger partial charge >= 0.3 is 0 Å². The van der Waals surface area contributed by atoms with Crippen molar-refractivity contribution < 1.29 is 14.3 Å². The van der Waals surface area contributed by atoms with Gasteiger partial charge in [-0.25, -0.2) is 0 Å². The predicted molar refractivity (Wildman–Crippen MR) is 100 cm³/mol. The van der Waals surface area contributed by atoms with E-state index in [1.165, 1.54) is 0 Å². The minimum atomic E-state index is 0.161. The quantitative estimate of drug-likeness (QED) is 0.654. The van der Waals surface area contributed by atoms with Crippen molar-refractivity contribution in [2.75, 3.05) is 45.2 Å². The molecule has 1 heterocycles. The molecule has 25 heavy (non-hydrogen) atoms. The van der Waals surface area contributed by atoms with Gasteiger partial charge in [0.1, 0.15) is 5.75 Å². The normalized spacial score (nSPS) is 15.2. The summed E-state index contributed by atoms with van der Waals surface area (Å²) in [7, 11) is 1.61. The molecule has 1 aliphatic rings. The molecule has 1 aromatic rings. The third kappa shape index (κ3) is 6.38. The highest BCUT2D eigenvalue weighted by molar-refractivity contribution is 6.30. The van der Waals surface area contributed by atoms with Crippen LogP contribution in [0.15, 0.2) is 18.2 Å². The van der Waals surface area contributed by atoms with Crippen molar-refractivity contribution in [2.24, 2.45) is 5.73 Å². The largest absolute Gasteiger partial charge is 0.495 e. The lowest BCUT2D eigenvalue weighted by molar-refractivity contribution is -0.133. The van der Waals surface area contributed by atoms with Crippen LogP contribution in [0, 0.1) is 0 Å². The Bertz CT molecular complexity index is 548. The van der Waals surface area contributed by atoms with Gasteiger partial charge in [0, 0.05) is 37.7 Å². The first-order valence-electron chi connectivity index (χ1n) is 8.81. The number of ether oxygens (including phenoxy) is 2. The van der Waals surface area contributed by atoms with E-state index in [0.29, 0.717) is 36.9 Å². The second-order valence-electron chi connectivity index (χ2n) is 6.11. The van der Waals surface area contributed by atoms with Gasteiger partial charge in [0.2, 0.25) is 5.91 Å². The molecule has 1 aromatic carbocycles. The van der Waals surface area contributed by atoms with Crippen molar-refractivity contribution >= 4 is 23.2 Å². The first kappa shape index (κ1) is 19.8. The highest BCUT2D eigenvalue weighted by atomic mass is 35.5. The number of amides is 1. The predicted octanol–water partition coefficient (Wildman–Crippen LogP) is 2.51. The van der Waals surface area contributed by atoms with E-state index in [9.17, 15) is 4.79 Å². The Labute approximate surface area is 154 Å². The van der Waals surface area contributed by atoms with Crippen LogP contribution in [0.4, 0.5) is 5.69 Å². The SMILES string of the molecule is COc1ccc(Cl)cc1NCCC(=O)N1CCC(OCCCN)CC1. The van der Waals surface area contributed by atoms with Crippen LogP contribution in [0.1, 0.15) is 25.7 Å². The molecule has 1 fully saturated rings. The maximum atomic E-state index is 12.3. The Morgan fingerprint density at radius 2 is 2.16 bits per heavy atom. The Morgan fingerprint density at radius 3 is 2.84 bits per heavy atom. The zero-order valence-corrected chi connectivity index (χ0v) is 15.6. The van der Waals surface area contributed by atoms with E-state index in [1.54, 1.807) is 19.2 Å². The van der Waals surface area contributed by atoms with Crippen LogP contribution in [0.5, 0.6) is 5.75 Å². The highest BCUT2D eigenvalue weighted by Gasteiger charge is 2.22. The van der Waals surface area contributed by atoms with Crippen LogP contribution >= 0.6 is 11.6 Å². The smallest absolute Gasteiger partial charge is 0.224 e. The van der Waals surface area contributed by atoms with Crippen molar-refractivity contribution in [3.63, 3.8) is 0 Å². The fourth-order valence-electron chi connectivity index (χ4n) is 2.89. The molecule has 1 amide bonds. The minimum absolute atomic E-state index is 0.161. The van der Waals surface area contributed by atoms with Crippen LogP contribution in [0.2, 0.25) is 5.02 Å². The molecule has 1 saturated heterocycles. The molecule has 7 heteroatoms. The van der Waals surface area contributed by atoms with Crippen molar-refractivity contribution in [1.29, 1.82) is 0 Å². The molecule has 1 aliphatic heterocycles. The third-order valence-electron chi connectivity index (χ3n) is 4.31. The Hall–Kier alpha value is -1.50. The number of nitrogens with zero attached hydrogens (tertiary/aromatic N) is 1. The van der Waals surface area contributed by atoms with Gasteiger partial charge in [0.15, 0.2) is 0 Å². The summed E-state index contributed by atoms with van der Waals surface area (Å²) in [4.78, 5) is 14.3. The first-order chi connectivity index (χ1) is 12.1. The number of carbonyl (C=O) groups excluding carboxylic acids is 1. The Kier molecular flexibility index (Phi) is 8.31. The number of nitrogens with two attached hydrogens (primary N) is 1. The average molecular weight is 370 g/mol. The lowest BCUT2D eigenvalue weighted by Crippen LogP contribution is -2.41. The van der Waals surface area contributed by atoms with Crippen molar-refractivity contribution in [2.45, 2.75) is 31.8 Å². The number of hydrogen-bond donors (Lipinski definition) is 2. The molecule has 0 aliphatic carbocycles. The Balaban J connectivity index is 1.70. The summed E-state index contributed by atoms with van der Waals surface area (Å²) in [5.41, 5.74) is 6.27. The van der Waals surface area contributed by atoms with E-state index in [4.69, 9.17) is 26.8 Å². The zero-order valence-electron chi connectivity index (χ0n) is 14.8. The molecule has 6 nitrogen and oxygen atoms in total. The second-order valence-corrected chi connectivity index (χ2v) is 6.55. The number of likely N-dealkylation sites (tertiary alicyclic amines) is 1. The lowest BCUT2D eigenvalue weighted by atomic mass is 10.1. The standard InChI is InChI=1S/C18H28ClN3O3/c1-24-17-4-3-14(19)13-16(17)21-9-5-18(23)22-10-6-15(7-11-22)25-12-2-8-20/h3-4,13,15,21H,2,5-12,20H2,1H3. The van der Waals surface area contributed by atoms with Crippen molar-refractivity contribution in [1.82, 2.24) is 4.90 Å². The summed E-state index contributed by atoms with van der Waals surface area (Å²) in [6.07, 6.45) is 3.37. The van der Waals surface area contributed by atoms with E-state index in [1.807, 2.05) is 11.0 Å². The van der Waals surface area contributed by atoms with Crippen LogP contribution in [-0.2, 0) is 9.53 Å². The zero-order chi connectivity index (χ0) is 18.1. The van der Waals surface area contributed by atoms with Gasteiger partial charge in [-0.05, 0) is 44.0 Å². The molecule has 0 aromatic heterocycles. The molecule has 0 unspecified atom stereocenters. The van der Waals surface area contributed by atoms with E-state index in [2.05, 4.69) is 5.32 Å². The van der Waals surface area contributed by atoms with Crippen molar-refractivity contribution in [3.05, 3.63) is 23.2 Å². The van der Waals surface area contributed by atoms with Crippen LogP contribution in [-0.4, -0.2) is 56.8 Å². The summed E-state index contributed by atoms with van der Waals surface area (Å²) in [6, 6.07) is 5.38. The molecule has 140 valence electrons. The summed E-state index contributed by atoms with van der Waals surface area (Å²) in [6.45, 7) is 3.42. The molecule has 0 atom stereocenters. The van der Waals surface area contributed by atoms with Gasteiger partial charge in [-0.2, -0.15) is 0 Å². The minimum Gasteiger partial charge on any atom is -0.495 e. The van der Waals surface area contributed by atoms with E-state index in [-0.39, 0.29) is 12.0 Å². The third-order valence-corrected chi connectivity index (χ3v) is 4.55. The van der Waals surface area contributed by atoms with Gasteiger partial charge in [0.05, 0.1) is 18.9 Å². The molecule has 3 N–H and O–H groups in total. The number of nitrogens with one attached hydrogen (secondary N) is 1. The molecule has 2 rings (SSSR count). The maximum Gasteiger partial charge on any atom is 0.224 e. The molecule has 0 saturated carbocycles. The molecule has 0 radical (unpaired) electrons. The van der Waals surface area contributed by atoms with E-state index < -0.39 is 0 Å². The average Bonchev–Trinajstić information content (AvgIpc) is 2.62. The van der Waals surface area contributed by atoms with Gasteiger partial charge in [-0.15, -0.1) is 0 Å². The summed E-state index contributed by atoms with van der Waals surface area (Å²) < 4.78 is 11.1. The number of hydrogen-bond acceptors (Lipinski definition) is 5. The highest BCUT2D eigenvalue weighted by Crippen LogP contribution is 2.27. The van der Waals surface area contributed by atoms with Crippen LogP contribution in [0.25, 0.3) is 0 Å². The number of rotatable bonds is 9. The topological polar surface area (TPSA) is 76.8 Å². The van der Waals surface area contributed by atoms with Gasteiger partial charge in [-0.1, -0.05) is 11.6 Å². The van der Waals surface area contributed by atoms with Gasteiger partial charge in [-0.3, -0.25) is 4.79 Å². The molecular weight excluding hydrogens is 342 g/mol. The second kappa shape index (κ2) is 10.5. The van der Waals surface area contributed by atoms with Gasteiger partial charge < -0.3 is 25.4 Å².